The van der Waals surface area contributed by atoms with Gasteiger partial charge in [-0.2, -0.15) is 5.10 Å². The maximum atomic E-state index is 13.4. The molecule has 33 heavy (non-hydrogen) atoms. The summed E-state index contributed by atoms with van der Waals surface area (Å²) in [4.78, 5) is 32.4. The summed E-state index contributed by atoms with van der Waals surface area (Å²) in [7, 11) is 1.84. The number of fused-ring (bicyclic) bond motifs is 1. The van der Waals surface area contributed by atoms with Gasteiger partial charge in [0.25, 0.3) is 11.8 Å². The van der Waals surface area contributed by atoms with E-state index in [1.165, 1.54) is 6.26 Å². The monoisotopic (exact) mass is 443 g/mol. The zero-order valence-electron chi connectivity index (χ0n) is 18.6. The lowest BCUT2D eigenvalue weighted by molar-refractivity contribution is 0.0667. The molecule has 0 bridgehead atoms. The van der Waals surface area contributed by atoms with Gasteiger partial charge in [-0.15, -0.1) is 0 Å². The second-order valence-electron chi connectivity index (χ2n) is 8.35. The third-order valence-corrected chi connectivity index (χ3v) is 6.13. The molecule has 3 aromatic heterocycles. The topological polar surface area (TPSA) is 93.3 Å². The minimum atomic E-state index is -0.147. The van der Waals surface area contributed by atoms with E-state index in [4.69, 9.17) is 9.40 Å². The number of benzene rings is 1. The first kappa shape index (κ1) is 20.9. The van der Waals surface area contributed by atoms with Crippen LogP contribution in [0.3, 0.4) is 0 Å². The van der Waals surface area contributed by atoms with Crippen LogP contribution in [0.25, 0.3) is 22.3 Å². The Hall–Kier alpha value is -3.94. The first-order valence-corrected chi connectivity index (χ1v) is 11.0. The zero-order chi connectivity index (χ0) is 22.9. The average molecular weight is 444 g/mol. The van der Waals surface area contributed by atoms with E-state index in [1.54, 1.807) is 21.7 Å². The number of carbonyl (C=O) groups excluding carboxylic acids is 2. The van der Waals surface area contributed by atoms with Crippen molar-refractivity contribution >= 4 is 22.8 Å². The van der Waals surface area contributed by atoms with Gasteiger partial charge in [-0.1, -0.05) is 30.3 Å². The van der Waals surface area contributed by atoms with Crippen molar-refractivity contribution in [2.75, 3.05) is 13.1 Å². The molecule has 1 aromatic carbocycles. The number of hydrogen-bond donors (Lipinski definition) is 1. The molecule has 4 aromatic rings. The molecule has 1 aliphatic rings. The quantitative estimate of drug-likeness (QED) is 0.520. The predicted molar refractivity (Wildman–Crippen MR) is 124 cm³/mol. The first-order valence-electron chi connectivity index (χ1n) is 11.0. The highest BCUT2D eigenvalue weighted by Gasteiger charge is 2.27. The SMILES string of the molecule is Cc1nn(C)c2nc(-c3ccccc3)cc(C(=O)NC3CCN(C(=O)c4ccco4)CC3)c12. The Labute approximate surface area is 191 Å². The summed E-state index contributed by atoms with van der Waals surface area (Å²) >= 11 is 0. The summed E-state index contributed by atoms with van der Waals surface area (Å²) in [5, 5.41) is 8.43. The molecule has 1 N–H and O–H groups in total. The van der Waals surface area contributed by atoms with Crippen molar-refractivity contribution in [3.63, 3.8) is 0 Å². The van der Waals surface area contributed by atoms with Crippen molar-refractivity contribution < 1.29 is 14.0 Å². The van der Waals surface area contributed by atoms with E-state index < -0.39 is 0 Å². The number of hydrogen-bond acceptors (Lipinski definition) is 5. The molecule has 4 heterocycles. The van der Waals surface area contributed by atoms with Crippen LogP contribution < -0.4 is 5.32 Å². The molecular formula is C25H25N5O3. The van der Waals surface area contributed by atoms with Gasteiger partial charge in [-0.25, -0.2) is 4.98 Å². The van der Waals surface area contributed by atoms with Gasteiger partial charge in [0.15, 0.2) is 11.4 Å². The van der Waals surface area contributed by atoms with Crippen molar-refractivity contribution in [3.8, 4) is 11.3 Å². The van der Waals surface area contributed by atoms with Crippen LogP contribution in [0.4, 0.5) is 0 Å². The van der Waals surface area contributed by atoms with Crippen LogP contribution in [-0.4, -0.2) is 50.6 Å². The maximum absolute atomic E-state index is 13.4. The van der Waals surface area contributed by atoms with E-state index in [0.29, 0.717) is 42.9 Å². The lowest BCUT2D eigenvalue weighted by atomic mass is 10.0. The van der Waals surface area contributed by atoms with Crippen LogP contribution in [0.1, 0.15) is 39.4 Å². The molecule has 2 amide bonds. The van der Waals surface area contributed by atoms with Gasteiger partial charge >= 0.3 is 0 Å². The largest absolute Gasteiger partial charge is 0.459 e. The molecule has 1 aliphatic heterocycles. The Morgan fingerprint density at radius 3 is 2.55 bits per heavy atom. The number of piperidine rings is 1. The van der Waals surface area contributed by atoms with Crippen LogP contribution in [0.2, 0.25) is 0 Å². The minimum absolute atomic E-state index is 0.0153. The Morgan fingerprint density at radius 2 is 1.85 bits per heavy atom. The van der Waals surface area contributed by atoms with Crippen LogP contribution in [-0.2, 0) is 7.05 Å². The van der Waals surface area contributed by atoms with Crippen LogP contribution in [0.15, 0.2) is 59.2 Å². The number of nitrogens with zero attached hydrogens (tertiary/aromatic N) is 4. The summed E-state index contributed by atoms with van der Waals surface area (Å²) in [5.41, 5.74) is 3.69. The second kappa shape index (κ2) is 8.54. The Balaban J connectivity index is 1.37. The fourth-order valence-electron chi connectivity index (χ4n) is 4.43. The van der Waals surface area contributed by atoms with Crippen molar-refractivity contribution in [1.29, 1.82) is 0 Å². The smallest absolute Gasteiger partial charge is 0.289 e. The van der Waals surface area contributed by atoms with Crippen molar-refractivity contribution in [2.24, 2.45) is 7.05 Å². The number of amides is 2. The summed E-state index contributed by atoms with van der Waals surface area (Å²) in [6.07, 6.45) is 2.87. The van der Waals surface area contributed by atoms with E-state index in [1.807, 2.05) is 50.4 Å². The highest BCUT2D eigenvalue weighted by atomic mass is 16.3. The number of furan rings is 1. The van der Waals surface area contributed by atoms with E-state index in [2.05, 4.69) is 10.4 Å². The van der Waals surface area contributed by atoms with Crippen LogP contribution >= 0.6 is 0 Å². The molecule has 0 radical (unpaired) electrons. The minimum Gasteiger partial charge on any atom is -0.459 e. The number of rotatable bonds is 4. The van der Waals surface area contributed by atoms with E-state index in [-0.39, 0.29) is 17.9 Å². The summed E-state index contributed by atoms with van der Waals surface area (Å²) in [6.45, 7) is 3.02. The molecule has 8 heteroatoms. The third kappa shape index (κ3) is 4.00. The molecule has 0 aliphatic carbocycles. The van der Waals surface area contributed by atoms with Crippen molar-refractivity contribution in [1.82, 2.24) is 25.0 Å². The van der Waals surface area contributed by atoms with E-state index in [9.17, 15) is 9.59 Å². The average Bonchev–Trinajstić information content (AvgIpc) is 3.48. The molecule has 0 atom stereocenters. The lowest BCUT2D eigenvalue weighted by Gasteiger charge is -2.32. The molecule has 8 nitrogen and oxygen atoms in total. The van der Waals surface area contributed by atoms with Gasteiger partial charge in [-0.3, -0.25) is 14.3 Å². The van der Waals surface area contributed by atoms with Gasteiger partial charge in [0, 0.05) is 31.7 Å². The van der Waals surface area contributed by atoms with Gasteiger partial charge in [-0.05, 0) is 38.0 Å². The molecule has 168 valence electrons. The van der Waals surface area contributed by atoms with Gasteiger partial charge in [0.2, 0.25) is 0 Å². The standard InChI is InChI=1S/C25H25N5O3/c1-16-22-19(15-20(17-7-4-3-5-8-17)27-23(22)29(2)28-16)24(31)26-18-10-12-30(13-11-18)25(32)21-9-6-14-33-21/h3-9,14-15,18H,10-13H2,1-2H3,(H,26,31). The van der Waals surface area contributed by atoms with Crippen LogP contribution in [0, 0.1) is 6.92 Å². The zero-order valence-corrected chi connectivity index (χ0v) is 18.6. The lowest BCUT2D eigenvalue weighted by Crippen LogP contribution is -2.46. The first-order chi connectivity index (χ1) is 16.0. The van der Waals surface area contributed by atoms with Crippen molar-refractivity contribution in [2.45, 2.75) is 25.8 Å². The number of aromatic nitrogens is 3. The molecule has 0 spiro atoms. The van der Waals surface area contributed by atoms with Gasteiger partial charge in [0.05, 0.1) is 28.6 Å². The highest BCUT2D eigenvalue weighted by molar-refractivity contribution is 6.07. The van der Waals surface area contributed by atoms with Crippen LogP contribution in [0.5, 0.6) is 0 Å². The fourth-order valence-corrected chi connectivity index (χ4v) is 4.43. The summed E-state index contributed by atoms with van der Waals surface area (Å²) < 4.78 is 6.94. The normalized spacial score (nSPS) is 14.5. The molecule has 1 fully saturated rings. The summed E-state index contributed by atoms with van der Waals surface area (Å²) in [6, 6.07) is 15.0. The second-order valence-corrected chi connectivity index (χ2v) is 8.35. The maximum Gasteiger partial charge on any atom is 0.289 e. The molecule has 1 saturated heterocycles. The molecule has 0 unspecified atom stereocenters. The Morgan fingerprint density at radius 1 is 1.09 bits per heavy atom. The molecular weight excluding hydrogens is 418 g/mol. The number of nitrogens with one attached hydrogen (secondary N) is 1. The van der Waals surface area contributed by atoms with Crippen molar-refractivity contribution in [3.05, 3.63) is 71.8 Å². The predicted octanol–water partition coefficient (Wildman–Crippen LogP) is 3.57. The van der Waals surface area contributed by atoms with E-state index >= 15 is 0 Å². The van der Waals surface area contributed by atoms with Gasteiger partial charge < -0.3 is 14.6 Å². The Kier molecular flexibility index (Phi) is 5.42. The van der Waals surface area contributed by atoms with Gasteiger partial charge in [0.1, 0.15) is 0 Å². The highest BCUT2D eigenvalue weighted by Crippen LogP contribution is 2.27. The molecule has 5 rings (SSSR count). The summed E-state index contributed by atoms with van der Waals surface area (Å²) in [5.74, 6) is 0.0859. The Bertz CT molecular complexity index is 1300. The fraction of sp³-hybridized carbons (Fsp3) is 0.280. The number of pyridine rings is 1. The number of carbonyl (C=O) groups is 2. The van der Waals surface area contributed by atoms with E-state index in [0.717, 1.165) is 22.3 Å². The third-order valence-electron chi connectivity index (χ3n) is 6.13. The molecule has 0 saturated carbocycles. The number of likely N-dealkylation sites (tertiary alicyclic amines) is 1. The number of aryl methyl sites for hydroxylation is 2.